The summed E-state index contributed by atoms with van der Waals surface area (Å²) in [7, 11) is 0. The van der Waals surface area contributed by atoms with Crippen LogP contribution in [0.5, 0.6) is 11.5 Å². The van der Waals surface area contributed by atoms with Gasteiger partial charge in [-0.05, 0) is 31.2 Å². The van der Waals surface area contributed by atoms with Crippen molar-refractivity contribution in [3.05, 3.63) is 76.2 Å². The number of aryl methyl sites for hydroxylation is 1. The van der Waals surface area contributed by atoms with Crippen molar-refractivity contribution in [1.82, 2.24) is 9.78 Å². The van der Waals surface area contributed by atoms with Crippen LogP contribution in [-0.2, 0) is 0 Å². The van der Waals surface area contributed by atoms with Gasteiger partial charge in [-0.25, -0.2) is 4.68 Å². The third-order valence-corrected chi connectivity index (χ3v) is 4.33. The number of aromatic nitrogens is 2. The number of nitrogens with zero attached hydrogens (tertiary/aromatic N) is 2. The molecule has 0 aliphatic carbocycles. The Labute approximate surface area is 161 Å². The standard InChI is InChI=1S/C21H19N3O4/c1-14-12-17(25)20(23-24(14)16-6-3-2-4-7-16)21(26)22-15-8-9-18-19(13-15)28-11-5-10-27-18/h2-4,6-9,12-13H,5,10-11H2,1H3,(H,22,26). The second-order valence-electron chi connectivity index (χ2n) is 6.41. The fourth-order valence-corrected chi connectivity index (χ4v) is 2.97. The molecule has 3 aromatic rings. The Morgan fingerprint density at radius 2 is 1.79 bits per heavy atom. The van der Waals surface area contributed by atoms with Crippen molar-refractivity contribution in [1.29, 1.82) is 0 Å². The summed E-state index contributed by atoms with van der Waals surface area (Å²) in [5.41, 5.74) is 1.30. The Morgan fingerprint density at radius 1 is 1.04 bits per heavy atom. The van der Waals surface area contributed by atoms with Crippen molar-refractivity contribution >= 4 is 11.6 Å². The number of rotatable bonds is 3. The summed E-state index contributed by atoms with van der Waals surface area (Å²) in [6.45, 7) is 2.91. The quantitative estimate of drug-likeness (QED) is 0.759. The van der Waals surface area contributed by atoms with E-state index in [1.165, 1.54) is 6.07 Å². The molecule has 0 fully saturated rings. The Morgan fingerprint density at radius 3 is 2.57 bits per heavy atom. The van der Waals surface area contributed by atoms with E-state index in [1.807, 2.05) is 30.3 Å². The predicted octanol–water partition coefficient (Wildman–Crippen LogP) is 2.95. The molecule has 1 amide bonds. The molecule has 0 spiro atoms. The van der Waals surface area contributed by atoms with Crippen LogP contribution in [0.15, 0.2) is 59.4 Å². The van der Waals surface area contributed by atoms with E-state index < -0.39 is 11.3 Å². The molecule has 4 rings (SSSR count). The smallest absolute Gasteiger partial charge is 0.280 e. The normalized spacial score (nSPS) is 12.9. The number of benzene rings is 2. The van der Waals surface area contributed by atoms with E-state index in [2.05, 4.69) is 10.4 Å². The first-order valence-corrected chi connectivity index (χ1v) is 8.99. The number of amides is 1. The molecule has 142 valence electrons. The summed E-state index contributed by atoms with van der Waals surface area (Å²) < 4.78 is 12.8. The van der Waals surface area contributed by atoms with Crippen LogP contribution in [0.3, 0.4) is 0 Å². The van der Waals surface area contributed by atoms with Gasteiger partial charge in [0.15, 0.2) is 17.2 Å². The molecule has 0 atom stereocenters. The molecule has 7 heteroatoms. The van der Waals surface area contributed by atoms with Crippen molar-refractivity contribution in [2.75, 3.05) is 18.5 Å². The molecule has 1 N–H and O–H groups in total. The van der Waals surface area contributed by atoms with Crippen LogP contribution in [0.25, 0.3) is 5.69 Å². The minimum Gasteiger partial charge on any atom is -0.490 e. The van der Waals surface area contributed by atoms with E-state index in [1.54, 1.807) is 29.8 Å². The molecule has 0 saturated heterocycles. The number of anilines is 1. The Hall–Kier alpha value is -3.61. The van der Waals surface area contributed by atoms with E-state index in [9.17, 15) is 9.59 Å². The van der Waals surface area contributed by atoms with Gasteiger partial charge in [-0.3, -0.25) is 9.59 Å². The maximum Gasteiger partial charge on any atom is 0.280 e. The Bertz CT molecular complexity index is 1080. The number of para-hydroxylation sites is 1. The highest BCUT2D eigenvalue weighted by molar-refractivity contribution is 6.02. The largest absolute Gasteiger partial charge is 0.490 e. The van der Waals surface area contributed by atoms with Gasteiger partial charge in [-0.1, -0.05) is 18.2 Å². The maximum absolute atomic E-state index is 12.7. The molecule has 2 heterocycles. The second-order valence-corrected chi connectivity index (χ2v) is 6.41. The summed E-state index contributed by atoms with van der Waals surface area (Å²) in [5, 5.41) is 6.99. The first-order chi connectivity index (χ1) is 13.6. The predicted molar refractivity (Wildman–Crippen MR) is 105 cm³/mol. The monoisotopic (exact) mass is 377 g/mol. The molecule has 0 bridgehead atoms. The van der Waals surface area contributed by atoms with Crippen LogP contribution >= 0.6 is 0 Å². The van der Waals surface area contributed by atoms with Crippen molar-refractivity contribution in [2.24, 2.45) is 0 Å². The van der Waals surface area contributed by atoms with E-state index in [4.69, 9.17) is 9.47 Å². The van der Waals surface area contributed by atoms with Crippen LogP contribution in [0.4, 0.5) is 5.69 Å². The highest BCUT2D eigenvalue weighted by Crippen LogP contribution is 2.32. The zero-order valence-corrected chi connectivity index (χ0v) is 15.3. The van der Waals surface area contributed by atoms with E-state index in [-0.39, 0.29) is 5.69 Å². The van der Waals surface area contributed by atoms with Gasteiger partial charge in [0.05, 0.1) is 18.9 Å². The minimum atomic E-state index is -0.579. The number of hydrogen-bond donors (Lipinski definition) is 1. The zero-order chi connectivity index (χ0) is 19.5. The van der Waals surface area contributed by atoms with Gasteiger partial charge in [-0.15, -0.1) is 0 Å². The Balaban J connectivity index is 1.64. The van der Waals surface area contributed by atoms with Gasteiger partial charge in [0, 0.05) is 29.9 Å². The molecule has 0 unspecified atom stereocenters. The lowest BCUT2D eigenvalue weighted by Gasteiger charge is -2.12. The van der Waals surface area contributed by atoms with Crippen molar-refractivity contribution in [2.45, 2.75) is 13.3 Å². The fourth-order valence-electron chi connectivity index (χ4n) is 2.97. The van der Waals surface area contributed by atoms with Gasteiger partial charge in [-0.2, -0.15) is 5.10 Å². The van der Waals surface area contributed by atoms with Gasteiger partial charge < -0.3 is 14.8 Å². The van der Waals surface area contributed by atoms with Crippen molar-refractivity contribution in [3.8, 4) is 17.2 Å². The van der Waals surface area contributed by atoms with Crippen LogP contribution in [0, 0.1) is 6.92 Å². The number of carbonyl (C=O) groups is 1. The van der Waals surface area contributed by atoms with Crippen LogP contribution in [0.1, 0.15) is 22.6 Å². The number of ether oxygens (including phenoxy) is 2. The number of fused-ring (bicyclic) bond motifs is 1. The molecular weight excluding hydrogens is 358 g/mol. The molecule has 1 aliphatic heterocycles. The van der Waals surface area contributed by atoms with Crippen LogP contribution < -0.4 is 20.2 Å². The number of hydrogen-bond acceptors (Lipinski definition) is 5. The highest BCUT2D eigenvalue weighted by Gasteiger charge is 2.17. The average molecular weight is 377 g/mol. The Kier molecular flexibility index (Phi) is 4.80. The highest BCUT2D eigenvalue weighted by atomic mass is 16.5. The van der Waals surface area contributed by atoms with E-state index in [0.717, 1.165) is 12.1 Å². The minimum absolute atomic E-state index is 0.179. The number of nitrogens with one attached hydrogen (secondary N) is 1. The summed E-state index contributed by atoms with van der Waals surface area (Å²) in [4.78, 5) is 25.1. The molecule has 0 radical (unpaired) electrons. The SMILES string of the molecule is Cc1cc(=O)c(C(=O)Nc2ccc3c(c2)OCCCO3)nn1-c1ccccc1. The second kappa shape index (κ2) is 7.56. The van der Waals surface area contributed by atoms with Crippen LogP contribution in [0.2, 0.25) is 0 Å². The topological polar surface area (TPSA) is 82.5 Å². The van der Waals surface area contributed by atoms with Crippen LogP contribution in [-0.4, -0.2) is 28.9 Å². The zero-order valence-electron chi connectivity index (χ0n) is 15.3. The summed E-state index contributed by atoms with van der Waals surface area (Å²) in [6.07, 6.45) is 0.794. The number of carbonyl (C=O) groups excluding carboxylic acids is 1. The average Bonchev–Trinajstić information content (AvgIpc) is 2.93. The molecule has 2 aromatic carbocycles. The molecule has 1 aliphatic rings. The molecule has 7 nitrogen and oxygen atoms in total. The van der Waals surface area contributed by atoms with Crippen molar-refractivity contribution < 1.29 is 14.3 Å². The fraction of sp³-hybridized carbons (Fsp3) is 0.190. The van der Waals surface area contributed by atoms with E-state index >= 15 is 0 Å². The summed E-state index contributed by atoms with van der Waals surface area (Å²) in [6, 6.07) is 15.9. The van der Waals surface area contributed by atoms with Crippen molar-refractivity contribution in [3.63, 3.8) is 0 Å². The third kappa shape index (κ3) is 3.59. The van der Waals surface area contributed by atoms with Gasteiger partial charge in [0.25, 0.3) is 5.91 Å². The first-order valence-electron chi connectivity index (χ1n) is 8.99. The molecule has 28 heavy (non-hydrogen) atoms. The summed E-state index contributed by atoms with van der Waals surface area (Å²) >= 11 is 0. The van der Waals surface area contributed by atoms with Gasteiger partial charge >= 0.3 is 0 Å². The molecular formula is C21H19N3O4. The van der Waals surface area contributed by atoms with E-state index in [0.29, 0.717) is 36.1 Å². The first kappa shape index (κ1) is 17.8. The van der Waals surface area contributed by atoms with Gasteiger partial charge in [0.1, 0.15) is 0 Å². The lowest BCUT2D eigenvalue weighted by Crippen LogP contribution is -2.26. The lowest BCUT2D eigenvalue weighted by atomic mass is 10.2. The molecule has 0 saturated carbocycles. The third-order valence-electron chi connectivity index (χ3n) is 4.33. The van der Waals surface area contributed by atoms with Gasteiger partial charge in [0.2, 0.25) is 5.43 Å². The molecule has 1 aromatic heterocycles. The maximum atomic E-state index is 12.7. The lowest BCUT2D eigenvalue weighted by molar-refractivity contribution is 0.101. The summed E-state index contributed by atoms with van der Waals surface area (Å²) in [5.74, 6) is 0.619.